The van der Waals surface area contributed by atoms with E-state index < -0.39 is 0 Å². The van der Waals surface area contributed by atoms with Gasteiger partial charge in [-0.15, -0.1) is 10.2 Å². The van der Waals surface area contributed by atoms with Gasteiger partial charge in [0.05, 0.1) is 18.3 Å². The van der Waals surface area contributed by atoms with Crippen molar-refractivity contribution in [3.63, 3.8) is 0 Å². The summed E-state index contributed by atoms with van der Waals surface area (Å²) >= 11 is 0. The maximum absolute atomic E-state index is 12.9. The highest BCUT2D eigenvalue weighted by Crippen LogP contribution is 2.38. The molecule has 6 rings (SSSR count). The summed E-state index contributed by atoms with van der Waals surface area (Å²) in [5.41, 5.74) is 3.88. The molecule has 8 nitrogen and oxygen atoms in total. The average molecular weight is 416 g/mol. The van der Waals surface area contributed by atoms with Crippen LogP contribution in [0.1, 0.15) is 31.2 Å². The summed E-state index contributed by atoms with van der Waals surface area (Å²) in [6.45, 7) is 0. The zero-order chi connectivity index (χ0) is 21.1. The first-order chi connectivity index (χ1) is 15.0. The number of aryl methyl sites for hydroxylation is 1. The summed E-state index contributed by atoms with van der Waals surface area (Å²) in [6, 6.07) is 8.58. The minimum atomic E-state index is 0.101. The van der Waals surface area contributed by atoms with Gasteiger partial charge in [0.1, 0.15) is 5.75 Å². The fourth-order valence-corrected chi connectivity index (χ4v) is 5.37. The topological polar surface area (TPSA) is 96.2 Å². The van der Waals surface area contributed by atoms with Crippen LogP contribution < -0.4 is 10.2 Å². The van der Waals surface area contributed by atoms with Crippen molar-refractivity contribution >= 4 is 11.7 Å². The van der Waals surface area contributed by atoms with Crippen LogP contribution in [0, 0.1) is 0 Å². The number of nitrogens with one attached hydrogen (secondary N) is 1. The van der Waals surface area contributed by atoms with Crippen molar-refractivity contribution in [1.29, 1.82) is 0 Å². The molecule has 2 bridgehead atoms. The van der Waals surface area contributed by atoms with Crippen molar-refractivity contribution < 1.29 is 9.90 Å². The standard InChI is InChI=1S/C23H24N6O2/c1-28-12-15(11-24-28)13-2-5-19(21(30)7-13)20-6-14-8-22(31)29(23(14)27-26-20)18-9-16-3-4-17(10-18)25-16/h2,5-7,11-12,16-18,25,30H,3-4,8-10H2,1H3/t16-,17?,18-/m0/s1. The van der Waals surface area contributed by atoms with E-state index in [1.54, 1.807) is 16.9 Å². The molecule has 3 atom stereocenters. The second-order valence-corrected chi connectivity index (χ2v) is 8.92. The lowest BCUT2D eigenvalue weighted by molar-refractivity contribution is -0.118. The molecule has 3 aromatic rings. The van der Waals surface area contributed by atoms with E-state index in [0.29, 0.717) is 35.6 Å². The first-order valence-electron chi connectivity index (χ1n) is 10.8. The number of phenols is 1. The predicted octanol–water partition coefficient (Wildman–Crippen LogP) is 2.42. The van der Waals surface area contributed by atoms with Gasteiger partial charge in [0, 0.05) is 48.1 Å². The number of hydrogen-bond acceptors (Lipinski definition) is 6. The Bertz CT molecular complexity index is 1180. The molecule has 0 spiro atoms. The molecule has 2 saturated heterocycles. The third kappa shape index (κ3) is 3.09. The lowest BCUT2D eigenvalue weighted by Crippen LogP contribution is -2.49. The van der Waals surface area contributed by atoms with Gasteiger partial charge in [-0.2, -0.15) is 5.10 Å². The third-order valence-electron chi connectivity index (χ3n) is 6.81. The Hall–Kier alpha value is -3.26. The molecule has 1 unspecified atom stereocenters. The van der Waals surface area contributed by atoms with Crippen LogP contribution in [0.5, 0.6) is 5.75 Å². The summed E-state index contributed by atoms with van der Waals surface area (Å²) in [6.07, 6.45) is 8.33. The number of phenolic OH excluding ortho intramolecular Hbond substituents is 1. The van der Waals surface area contributed by atoms with Crippen molar-refractivity contribution in [2.45, 2.75) is 50.2 Å². The molecule has 2 aromatic heterocycles. The number of anilines is 1. The van der Waals surface area contributed by atoms with Crippen LogP contribution >= 0.6 is 0 Å². The zero-order valence-electron chi connectivity index (χ0n) is 17.3. The van der Waals surface area contributed by atoms with Gasteiger partial charge >= 0.3 is 0 Å². The lowest BCUT2D eigenvalue weighted by Gasteiger charge is -2.35. The number of aromatic hydroxyl groups is 1. The van der Waals surface area contributed by atoms with Crippen LogP contribution in [0.25, 0.3) is 22.4 Å². The van der Waals surface area contributed by atoms with E-state index in [1.807, 2.05) is 36.3 Å². The molecular weight excluding hydrogens is 392 g/mol. The number of amides is 1. The minimum Gasteiger partial charge on any atom is -0.507 e. The molecule has 0 saturated carbocycles. The van der Waals surface area contributed by atoms with Crippen molar-refractivity contribution in [1.82, 2.24) is 25.3 Å². The van der Waals surface area contributed by atoms with E-state index >= 15 is 0 Å². The highest BCUT2D eigenvalue weighted by molar-refractivity contribution is 6.01. The SMILES string of the molecule is Cn1cc(-c2ccc(-c3cc4c(nn3)N([C@@H]3CC5CC[C@@H](C3)N5)C(=O)C4)c(O)c2)cn1. The minimum absolute atomic E-state index is 0.101. The first-order valence-corrected chi connectivity index (χ1v) is 10.8. The number of hydrogen-bond donors (Lipinski definition) is 2. The van der Waals surface area contributed by atoms with Gasteiger partial charge in [-0.1, -0.05) is 6.07 Å². The second kappa shape index (κ2) is 6.88. The van der Waals surface area contributed by atoms with Gasteiger partial charge in [0.25, 0.3) is 0 Å². The van der Waals surface area contributed by atoms with Gasteiger partial charge in [0.2, 0.25) is 5.91 Å². The van der Waals surface area contributed by atoms with Crippen LogP contribution in [-0.4, -0.2) is 49.1 Å². The highest BCUT2D eigenvalue weighted by atomic mass is 16.3. The van der Waals surface area contributed by atoms with Crippen LogP contribution in [0.3, 0.4) is 0 Å². The van der Waals surface area contributed by atoms with E-state index in [-0.39, 0.29) is 17.7 Å². The van der Waals surface area contributed by atoms with Crippen LogP contribution in [-0.2, 0) is 18.3 Å². The van der Waals surface area contributed by atoms with E-state index in [4.69, 9.17) is 0 Å². The smallest absolute Gasteiger partial charge is 0.233 e. The van der Waals surface area contributed by atoms with Gasteiger partial charge < -0.3 is 10.4 Å². The molecule has 2 fully saturated rings. The molecule has 1 amide bonds. The number of fused-ring (bicyclic) bond motifs is 3. The normalized spacial score (nSPS) is 24.6. The van der Waals surface area contributed by atoms with E-state index in [0.717, 1.165) is 29.5 Å². The molecule has 8 heteroatoms. The molecule has 3 aliphatic rings. The van der Waals surface area contributed by atoms with Gasteiger partial charge in [0.15, 0.2) is 5.82 Å². The number of piperidine rings is 1. The zero-order valence-corrected chi connectivity index (χ0v) is 17.3. The molecule has 5 heterocycles. The second-order valence-electron chi connectivity index (χ2n) is 8.92. The summed E-state index contributed by atoms with van der Waals surface area (Å²) in [4.78, 5) is 14.7. The summed E-state index contributed by atoms with van der Waals surface area (Å²) < 4.78 is 1.73. The Morgan fingerprint density at radius 3 is 2.61 bits per heavy atom. The van der Waals surface area contributed by atoms with Gasteiger partial charge in [-0.25, -0.2) is 0 Å². The van der Waals surface area contributed by atoms with Gasteiger partial charge in [-0.05, 0) is 49.4 Å². The van der Waals surface area contributed by atoms with Crippen LogP contribution in [0.15, 0.2) is 36.7 Å². The summed E-state index contributed by atoms with van der Waals surface area (Å²) in [5.74, 6) is 0.919. The van der Waals surface area contributed by atoms with Gasteiger partial charge in [-0.3, -0.25) is 14.4 Å². The van der Waals surface area contributed by atoms with Crippen molar-refractivity contribution in [3.05, 3.63) is 42.2 Å². The number of nitrogens with zero attached hydrogens (tertiary/aromatic N) is 5. The largest absolute Gasteiger partial charge is 0.507 e. The number of rotatable bonds is 3. The van der Waals surface area contributed by atoms with Crippen LogP contribution in [0.4, 0.5) is 5.82 Å². The van der Waals surface area contributed by atoms with Crippen molar-refractivity contribution in [3.8, 4) is 28.1 Å². The molecular formula is C23H24N6O2. The highest BCUT2D eigenvalue weighted by Gasteiger charge is 2.42. The fraction of sp³-hybridized carbons (Fsp3) is 0.391. The average Bonchev–Trinajstić information content (AvgIpc) is 3.43. The van der Waals surface area contributed by atoms with E-state index in [1.165, 1.54) is 12.8 Å². The molecule has 158 valence electrons. The molecule has 3 aliphatic heterocycles. The maximum atomic E-state index is 12.9. The lowest BCUT2D eigenvalue weighted by atomic mass is 9.98. The number of carbonyl (C=O) groups is 1. The fourth-order valence-electron chi connectivity index (χ4n) is 5.37. The molecule has 2 N–H and O–H groups in total. The third-order valence-corrected chi connectivity index (χ3v) is 6.81. The molecule has 1 aromatic carbocycles. The number of aromatic nitrogens is 4. The van der Waals surface area contributed by atoms with Crippen molar-refractivity contribution in [2.24, 2.45) is 7.05 Å². The predicted molar refractivity (Wildman–Crippen MR) is 115 cm³/mol. The monoisotopic (exact) mass is 416 g/mol. The number of carbonyl (C=O) groups excluding carboxylic acids is 1. The molecule has 31 heavy (non-hydrogen) atoms. The van der Waals surface area contributed by atoms with Crippen molar-refractivity contribution in [2.75, 3.05) is 4.90 Å². The Labute approximate surface area is 179 Å². The Morgan fingerprint density at radius 1 is 1.10 bits per heavy atom. The summed E-state index contributed by atoms with van der Waals surface area (Å²) in [5, 5.41) is 27.3. The Kier molecular flexibility index (Phi) is 4.11. The Balaban J connectivity index is 1.30. The summed E-state index contributed by atoms with van der Waals surface area (Å²) in [7, 11) is 1.86. The maximum Gasteiger partial charge on any atom is 0.233 e. The quantitative estimate of drug-likeness (QED) is 0.681. The van der Waals surface area contributed by atoms with E-state index in [9.17, 15) is 9.90 Å². The number of benzene rings is 1. The molecule has 0 aliphatic carbocycles. The van der Waals surface area contributed by atoms with Crippen LogP contribution in [0.2, 0.25) is 0 Å². The molecule has 0 radical (unpaired) electrons. The first kappa shape index (κ1) is 18.5. The Morgan fingerprint density at radius 2 is 1.90 bits per heavy atom. The van der Waals surface area contributed by atoms with E-state index in [2.05, 4.69) is 20.6 Å².